The number of aryl methyl sites for hydroxylation is 1. The highest BCUT2D eigenvalue weighted by molar-refractivity contribution is 5.85. The Balaban J connectivity index is 0.00000259. The van der Waals surface area contributed by atoms with Crippen LogP contribution in [0.4, 0.5) is 0 Å². The molecule has 3 aromatic rings. The van der Waals surface area contributed by atoms with Gasteiger partial charge >= 0.3 is 0 Å². The third-order valence-electron chi connectivity index (χ3n) is 6.58. The zero-order chi connectivity index (χ0) is 21.9. The summed E-state index contributed by atoms with van der Waals surface area (Å²) in [5, 5.41) is 4.82. The number of ether oxygens (including phenoxy) is 2. The van der Waals surface area contributed by atoms with Crippen LogP contribution in [0.1, 0.15) is 24.0 Å². The Labute approximate surface area is 200 Å². The van der Waals surface area contributed by atoms with E-state index in [0.717, 1.165) is 68.0 Å². The van der Waals surface area contributed by atoms with Crippen molar-refractivity contribution in [2.45, 2.75) is 38.9 Å². The lowest BCUT2D eigenvalue weighted by Gasteiger charge is -2.32. The van der Waals surface area contributed by atoms with Gasteiger partial charge in [0.05, 0.1) is 5.52 Å². The maximum absolute atomic E-state index is 12.5. The lowest BCUT2D eigenvalue weighted by atomic mass is 10.0. The van der Waals surface area contributed by atoms with Crippen molar-refractivity contribution in [1.82, 2.24) is 14.8 Å². The quantitative estimate of drug-likeness (QED) is 0.595. The molecule has 1 N–H and O–H groups in total. The topological polar surface area (TPSA) is 55.7 Å². The van der Waals surface area contributed by atoms with Gasteiger partial charge in [0.25, 0.3) is 5.56 Å². The summed E-state index contributed by atoms with van der Waals surface area (Å²) in [6.07, 6.45) is 2.24. The highest BCUT2D eigenvalue weighted by atomic mass is 35.5. The number of aromatic nitrogens is 1. The Morgan fingerprint density at radius 3 is 2.52 bits per heavy atom. The smallest absolute Gasteiger partial charge is 0.251 e. The zero-order valence-electron chi connectivity index (χ0n) is 19.1. The molecular weight excluding hydrogens is 438 g/mol. The molecule has 2 aliphatic heterocycles. The molecule has 0 aliphatic carbocycles. The van der Waals surface area contributed by atoms with Gasteiger partial charge < -0.3 is 24.3 Å². The Morgan fingerprint density at radius 1 is 0.939 bits per heavy atom. The van der Waals surface area contributed by atoms with Crippen LogP contribution >= 0.6 is 12.4 Å². The van der Waals surface area contributed by atoms with E-state index in [2.05, 4.69) is 47.5 Å². The van der Waals surface area contributed by atoms with Crippen molar-refractivity contribution in [2.75, 3.05) is 32.8 Å². The van der Waals surface area contributed by atoms with Crippen LogP contribution in [0.5, 0.6) is 11.5 Å². The second-order valence-corrected chi connectivity index (χ2v) is 8.86. The number of pyridine rings is 1. The number of hydrogen-bond donors (Lipinski definition) is 1. The van der Waals surface area contributed by atoms with Crippen LogP contribution in [0.3, 0.4) is 0 Å². The minimum atomic E-state index is 0. The van der Waals surface area contributed by atoms with Gasteiger partial charge in [-0.3, -0.25) is 4.79 Å². The van der Waals surface area contributed by atoms with Gasteiger partial charge in [0.15, 0.2) is 11.5 Å². The second kappa shape index (κ2) is 10.6. The van der Waals surface area contributed by atoms with Gasteiger partial charge in [-0.15, -0.1) is 12.4 Å². The summed E-state index contributed by atoms with van der Waals surface area (Å²) in [6, 6.07) is 16.6. The molecule has 1 fully saturated rings. The first-order valence-electron chi connectivity index (χ1n) is 11.6. The Morgan fingerprint density at radius 2 is 1.70 bits per heavy atom. The molecule has 176 valence electrons. The van der Waals surface area contributed by atoms with Crippen LogP contribution in [0.2, 0.25) is 0 Å². The summed E-state index contributed by atoms with van der Waals surface area (Å²) < 4.78 is 13.2. The van der Waals surface area contributed by atoms with Gasteiger partial charge in [0.2, 0.25) is 0 Å². The number of halogens is 1. The van der Waals surface area contributed by atoms with E-state index in [-0.39, 0.29) is 18.0 Å². The predicted octanol–water partition coefficient (Wildman–Crippen LogP) is 3.76. The molecule has 3 heterocycles. The molecule has 6 nitrogen and oxygen atoms in total. The lowest BCUT2D eigenvalue weighted by Crippen LogP contribution is -2.43. The van der Waals surface area contributed by atoms with E-state index < -0.39 is 0 Å². The number of piperidine rings is 1. The SMILES string of the molecule is Cc1ccc2ccc(=O)n(CCN3CCC(NCc4ccc5c(c4)OCCO5)CC3)c2c1.Cl. The van der Waals surface area contributed by atoms with Crippen LogP contribution in [-0.4, -0.2) is 48.4 Å². The van der Waals surface area contributed by atoms with Gasteiger partial charge in [-0.25, -0.2) is 0 Å². The van der Waals surface area contributed by atoms with Gasteiger partial charge in [0, 0.05) is 31.7 Å². The highest BCUT2D eigenvalue weighted by Crippen LogP contribution is 2.30. The van der Waals surface area contributed by atoms with E-state index in [9.17, 15) is 4.79 Å². The molecule has 1 saturated heterocycles. The summed E-state index contributed by atoms with van der Waals surface area (Å²) in [7, 11) is 0. The summed E-state index contributed by atoms with van der Waals surface area (Å²) in [6.45, 7) is 7.90. The van der Waals surface area contributed by atoms with E-state index in [4.69, 9.17) is 9.47 Å². The summed E-state index contributed by atoms with van der Waals surface area (Å²) in [5.41, 5.74) is 3.52. The Kier molecular flexibility index (Phi) is 7.58. The number of nitrogens with one attached hydrogen (secondary N) is 1. The number of benzene rings is 2. The molecule has 0 spiro atoms. The molecule has 0 amide bonds. The number of likely N-dealkylation sites (tertiary alicyclic amines) is 1. The van der Waals surface area contributed by atoms with Crippen molar-refractivity contribution in [1.29, 1.82) is 0 Å². The largest absolute Gasteiger partial charge is 0.486 e. The molecule has 2 aromatic carbocycles. The third-order valence-corrected chi connectivity index (χ3v) is 6.58. The fraction of sp³-hybridized carbons (Fsp3) is 0.423. The average molecular weight is 470 g/mol. The van der Waals surface area contributed by atoms with E-state index in [0.29, 0.717) is 19.3 Å². The molecule has 5 rings (SSSR count). The minimum Gasteiger partial charge on any atom is -0.486 e. The van der Waals surface area contributed by atoms with Crippen molar-refractivity contribution >= 4 is 23.3 Å². The molecule has 1 aromatic heterocycles. The van der Waals surface area contributed by atoms with Gasteiger partial charge in [-0.05, 0) is 73.6 Å². The fourth-order valence-corrected chi connectivity index (χ4v) is 4.69. The van der Waals surface area contributed by atoms with E-state index in [1.165, 1.54) is 11.1 Å². The van der Waals surface area contributed by atoms with Crippen molar-refractivity contribution in [2.24, 2.45) is 0 Å². The second-order valence-electron chi connectivity index (χ2n) is 8.86. The molecule has 0 atom stereocenters. The van der Waals surface area contributed by atoms with Crippen LogP contribution in [0.25, 0.3) is 10.9 Å². The first kappa shape index (κ1) is 23.6. The van der Waals surface area contributed by atoms with E-state index >= 15 is 0 Å². The summed E-state index contributed by atoms with van der Waals surface area (Å²) in [5.74, 6) is 1.69. The van der Waals surface area contributed by atoms with Gasteiger partial charge in [0.1, 0.15) is 13.2 Å². The number of nitrogens with zero attached hydrogens (tertiary/aromatic N) is 2. The molecule has 0 saturated carbocycles. The van der Waals surface area contributed by atoms with Crippen LogP contribution in [0.15, 0.2) is 53.3 Å². The normalized spacial score (nSPS) is 16.5. The third kappa shape index (κ3) is 5.52. The molecule has 0 radical (unpaired) electrons. The zero-order valence-corrected chi connectivity index (χ0v) is 19.9. The first-order valence-corrected chi connectivity index (χ1v) is 11.6. The monoisotopic (exact) mass is 469 g/mol. The Hall–Kier alpha value is -2.54. The number of fused-ring (bicyclic) bond motifs is 2. The Bertz CT molecular complexity index is 1160. The molecule has 33 heavy (non-hydrogen) atoms. The highest BCUT2D eigenvalue weighted by Gasteiger charge is 2.19. The van der Waals surface area contributed by atoms with Crippen molar-refractivity contribution in [3.8, 4) is 11.5 Å². The molecule has 2 aliphatic rings. The minimum absolute atomic E-state index is 0. The molecule has 7 heteroatoms. The number of hydrogen-bond acceptors (Lipinski definition) is 5. The fourth-order valence-electron chi connectivity index (χ4n) is 4.69. The standard InChI is InChI=1S/C26H31N3O3.ClH/c1-19-2-4-21-5-7-26(30)29(23(21)16-19)13-12-28-10-8-22(9-11-28)27-18-20-3-6-24-25(17-20)32-15-14-31-24;/h2-7,16-17,22,27H,8-15,18H2,1H3;1H. The van der Waals surface area contributed by atoms with Crippen LogP contribution in [0, 0.1) is 6.92 Å². The number of rotatable bonds is 6. The van der Waals surface area contributed by atoms with E-state index in [1.54, 1.807) is 6.07 Å². The van der Waals surface area contributed by atoms with Gasteiger partial charge in [-0.2, -0.15) is 0 Å². The first-order chi connectivity index (χ1) is 15.7. The average Bonchev–Trinajstić information content (AvgIpc) is 2.82. The van der Waals surface area contributed by atoms with Gasteiger partial charge in [-0.1, -0.05) is 18.2 Å². The van der Waals surface area contributed by atoms with Crippen molar-refractivity contribution in [3.05, 3.63) is 70.0 Å². The van der Waals surface area contributed by atoms with E-state index in [1.807, 2.05) is 16.7 Å². The summed E-state index contributed by atoms with van der Waals surface area (Å²) >= 11 is 0. The molecule has 0 bridgehead atoms. The maximum atomic E-state index is 12.5. The predicted molar refractivity (Wildman–Crippen MR) is 134 cm³/mol. The van der Waals surface area contributed by atoms with Crippen molar-refractivity contribution < 1.29 is 9.47 Å². The maximum Gasteiger partial charge on any atom is 0.251 e. The van der Waals surface area contributed by atoms with Crippen molar-refractivity contribution in [3.63, 3.8) is 0 Å². The van der Waals surface area contributed by atoms with Crippen LogP contribution in [-0.2, 0) is 13.1 Å². The molecule has 0 unspecified atom stereocenters. The molecular formula is C26H32ClN3O3. The summed E-state index contributed by atoms with van der Waals surface area (Å²) in [4.78, 5) is 15.0. The lowest BCUT2D eigenvalue weighted by molar-refractivity contribution is 0.171. The van der Waals surface area contributed by atoms with Crippen LogP contribution < -0.4 is 20.3 Å².